The Labute approximate surface area is 170 Å². The molecule has 0 spiro atoms. The zero-order chi connectivity index (χ0) is 19.9. The minimum Gasteiger partial charge on any atom is -0.497 e. The second-order valence-electron chi connectivity index (χ2n) is 6.66. The van der Waals surface area contributed by atoms with Gasteiger partial charge < -0.3 is 15.4 Å². The normalized spacial score (nSPS) is 10.7. The second-order valence-corrected chi connectivity index (χ2v) is 7.07. The molecule has 0 atom stereocenters. The molecule has 148 valence electrons. The number of nitrogens with zero attached hydrogens (tertiary/aromatic N) is 4. The molecule has 2 heterocycles. The smallest absolute Gasteiger partial charge is 0.170 e. The Hall–Kier alpha value is -2.87. The van der Waals surface area contributed by atoms with E-state index < -0.39 is 0 Å². The van der Waals surface area contributed by atoms with Gasteiger partial charge in [-0.1, -0.05) is 12.1 Å². The number of benzene rings is 1. The molecular weight excluding hydrogens is 372 g/mol. The summed E-state index contributed by atoms with van der Waals surface area (Å²) in [5, 5.41) is 15.8. The third-order valence-corrected chi connectivity index (χ3v) is 4.55. The van der Waals surface area contributed by atoms with E-state index in [9.17, 15) is 0 Å². The van der Waals surface area contributed by atoms with Crippen LogP contribution in [0.4, 0.5) is 5.69 Å². The number of nitrogens with one attached hydrogen (secondary N) is 2. The third-order valence-electron chi connectivity index (χ3n) is 4.31. The van der Waals surface area contributed by atoms with Crippen LogP contribution in [0.25, 0.3) is 0 Å². The molecule has 3 aromatic rings. The van der Waals surface area contributed by atoms with Gasteiger partial charge in [0.1, 0.15) is 5.75 Å². The van der Waals surface area contributed by atoms with Gasteiger partial charge >= 0.3 is 0 Å². The van der Waals surface area contributed by atoms with Gasteiger partial charge in [-0.15, -0.1) is 0 Å². The topological polar surface area (TPSA) is 68.9 Å². The van der Waals surface area contributed by atoms with Gasteiger partial charge in [0.05, 0.1) is 31.2 Å². The standard InChI is InChI=1S/C20H26N6OS/c1-15-10-16(2)26(24-15)9-5-8-21-20(28)23-18-12-22-25(14-18)13-17-6-4-7-19(11-17)27-3/h4,6-7,10-12,14H,5,8-9,13H2,1-3H3,(H2,21,23,28). The highest BCUT2D eigenvalue weighted by molar-refractivity contribution is 7.80. The molecule has 0 unspecified atom stereocenters. The number of thiocarbonyl (C=S) groups is 1. The Kier molecular flexibility index (Phi) is 6.65. The monoisotopic (exact) mass is 398 g/mol. The molecule has 0 aliphatic heterocycles. The Morgan fingerprint density at radius 3 is 2.86 bits per heavy atom. The van der Waals surface area contributed by atoms with Crippen molar-refractivity contribution in [3.63, 3.8) is 0 Å². The molecule has 0 saturated carbocycles. The summed E-state index contributed by atoms with van der Waals surface area (Å²) in [6, 6.07) is 10.0. The molecule has 1 aromatic carbocycles. The van der Waals surface area contributed by atoms with Crippen molar-refractivity contribution in [2.45, 2.75) is 33.4 Å². The molecular formula is C20H26N6OS. The second kappa shape index (κ2) is 9.36. The van der Waals surface area contributed by atoms with Crippen LogP contribution in [-0.2, 0) is 13.1 Å². The lowest BCUT2D eigenvalue weighted by molar-refractivity contribution is 0.414. The van der Waals surface area contributed by atoms with E-state index in [1.807, 2.05) is 46.7 Å². The summed E-state index contributed by atoms with van der Waals surface area (Å²) in [4.78, 5) is 0. The SMILES string of the molecule is COc1cccc(Cn2cc(NC(=S)NCCCn3nc(C)cc3C)cn2)c1. The summed E-state index contributed by atoms with van der Waals surface area (Å²) in [7, 11) is 1.67. The van der Waals surface area contributed by atoms with E-state index >= 15 is 0 Å². The largest absolute Gasteiger partial charge is 0.497 e. The van der Waals surface area contributed by atoms with Crippen LogP contribution < -0.4 is 15.4 Å². The van der Waals surface area contributed by atoms with Gasteiger partial charge in [-0.05, 0) is 56.2 Å². The maximum absolute atomic E-state index is 5.37. The van der Waals surface area contributed by atoms with Gasteiger partial charge in [0.2, 0.25) is 0 Å². The molecule has 8 heteroatoms. The van der Waals surface area contributed by atoms with E-state index in [-0.39, 0.29) is 0 Å². The van der Waals surface area contributed by atoms with Crippen LogP contribution in [0.1, 0.15) is 23.4 Å². The average molecular weight is 399 g/mol. The third kappa shape index (κ3) is 5.56. The molecule has 3 rings (SSSR count). The lowest BCUT2D eigenvalue weighted by Gasteiger charge is -2.09. The number of hydrogen-bond acceptors (Lipinski definition) is 4. The highest BCUT2D eigenvalue weighted by Gasteiger charge is 2.04. The van der Waals surface area contributed by atoms with Gasteiger partial charge in [0.15, 0.2) is 5.11 Å². The molecule has 0 bridgehead atoms. The number of methoxy groups -OCH3 is 1. The molecule has 0 fully saturated rings. The van der Waals surface area contributed by atoms with Gasteiger partial charge in [-0.2, -0.15) is 10.2 Å². The number of hydrogen-bond donors (Lipinski definition) is 2. The fourth-order valence-electron chi connectivity index (χ4n) is 2.98. The maximum atomic E-state index is 5.37. The van der Waals surface area contributed by atoms with E-state index in [2.05, 4.69) is 33.8 Å². The minimum absolute atomic E-state index is 0.592. The summed E-state index contributed by atoms with van der Waals surface area (Å²) >= 11 is 5.37. The van der Waals surface area contributed by atoms with Crippen molar-refractivity contribution in [2.24, 2.45) is 0 Å². The number of anilines is 1. The van der Waals surface area contributed by atoms with Gasteiger partial charge in [-0.3, -0.25) is 9.36 Å². The number of ether oxygens (including phenoxy) is 1. The van der Waals surface area contributed by atoms with Crippen molar-refractivity contribution in [1.29, 1.82) is 0 Å². The fraction of sp³-hybridized carbons (Fsp3) is 0.350. The van der Waals surface area contributed by atoms with Crippen LogP contribution >= 0.6 is 12.2 Å². The quantitative estimate of drug-likeness (QED) is 0.449. The van der Waals surface area contributed by atoms with Gasteiger partial charge in [0, 0.05) is 25.0 Å². The minimum atomic E-state index is 0.592. The Bertz CT molecular complexity index is 932. The molecule has 28 heavy (non-hydrogen) atoms. The molecule has 2 aromatic heterocycles. The summed E-state index contributed by atoms with van der Waals surface area (Å²) in [5.41, 5.74) is 4.22. The Balaban J connectivity index is 1.42. The van der Waals surface area contributed by atoms with Crippen molar-refractivity contribution in [2.75, 3.05) is 19.0 Å². The van der Waals surface area contributed by atoms with E-state index in [0.717, 1.165) is 42.2 Å². The van der Waals surface area contributed by atoms with Crippen molar-refractivity contribution < 1.29 is 4.74 Å². The molecule has 0 aliphatic carbocycles. The predicted octanol–water partition coefficient (Wildman–Crippen LogP) is 3.13. The maximum Gasteiger partial charge on any atom is 0.170 e. The van der Waals surface area contributed by atoms with Crippen molar-refractivity contribution in [1.82, 2.24) is 24.9 Å². The van der Waals surface area contributed by atoms with Crippen LogP contribution in [0.2, 0.25) is 0 Å². The summed E-state index contributed by atoms with van der Waals surface area (Å²) in [6.45, 7) is 6.40. The lowest BCUT2D eigenvalue weighted by atomic mass is 10.2. The molecule has 0 amide bonds. The predicted molar refractivity (Wildman–Crippen MR) is 115 cm³/mol. The van der Waals surface area contributed by atoms with Crippen LogP contribution in [0.15, 0.2) is 42.7 Å². The van der Waals surface area contributed by atoms with Gasteiger partial charge in [-0.25, -0.2) is 0 Å². The van der Waals surface area contributed by atoms with E-state index in [1.54, 1.807) is 13.3 Å². The number of rotatable bonds is 8. The summed E-state index contributed by atoms with van der Waals surface area (Å²) in [6.07, 6.45) is 4.65. The molecule has 0 aliphatic rings. The average Bonchev–Trinajstić information content (AvgIpc) is 3.24. The first-order valence-corrected chi connectivity index (χ1v) is 9.65. The summed E-state index contributed by atoms with van der Waals surface area (Å²) in [5.74, 6) is 0.842. The molecule has 7 nitrogen and oxygen atoms in total. The summed E-state index contributed by atoms with van der Waals surface area (Å²) < 4.78 is 9.15. The van der Waals surface area contributed by atoms with Gasteiger partial charge in [0.25, 0.3) is 0 Å². The fourth-order valence-corrected chi connectivity index (χ4v) is 3.20. The van der Waals surface area contributed by atoms with Crippen LogP contribution in [0.5, 0.6) is 5.75 Å². The molecule has 0 radical (unpaired) electrons. The number of aromatic nitrogens is 4. The van der Waals surface area contributed by atoms with E-state index in [1.165, 1.54) is 5.69 Å². The highest BCUT2D eigenvalue weighted by atomic mass is 32.1. The zero-order valence-electron chi connectivity index (χ0n) is 16.5. The van der Waals surface area contributed by atoms with Crippen molar-refractivity contribution in [3.05, 3.63) is 59.7 Å². The molecule has 2 N–H and O–H groups in total. The van der Waals surface area contributed by atoms with Crippen LogP contribution in [0, 0.1) is 13.8 Å². The number of aryl methyl sites for hydroxylation is 3. The first kappa shape index (κ1) is 19.9. The zero-order valence-corrected chi connectivity index (χ0v) is 17.3. The van der Waals surface area contributed by atoms with Crippen LogP contribution in [0.3, 0.4) is 0 Å². The first-order valence-electron chi connectivity index (χ1n) is 9.25. The first-order chi connectivity index (χ1) is 13.5. The Morgan fingerprint density at radius 2 is 2.11 bits per heavy atom. The van der Waals surface area contributed by atoms with Crippen molar-refractivity contribution in [3.8, 4) is 5.75 Å². The molecule has 0 saturated heterocycles. The van der Waals surface area contributed by atoms with E-state index in [0.29, 0.717) is 11.7 Å². The lowest BCUT2D eigenvalue weighted by Crippen LogP contribution is -2.29. The van der Waals surface area contributed by atoms with Crippen LogP contribution in [-0.4, -0.2) is 38.3 Å². The Morgan fingerprint density at radius 1 is 1.25 bits per heavy atom. The van der Waals surface area contributed by atoms with Crippen molar-refractivity contribution >= 4 is 23.0 Å². The highest BCUT2D eigenvalue weighted by Crippen LogP contribution is 2.14. The van der Waals surface area contributed by atoms with E-state index in [4.69, 9.17) is 17.0 Å².